The Balaban J connectivity index is 1.85. The molecule has 0 unspecified atom stereocenters. The van der Waals surface area contributed by atoms with Crippen LogP contribution in [0, 0.1) is 0 Å². The predicted molar refractivity (Wildman–Crippen MR) is 65.8 cm³/mol. The number of rotatable bonds is 2. The maximum atomic E-state index is 12.4. The Kier molecular flexibility index (Phi) is 2.80. The largest absolute Gasteiger partial charge is 0.330 e. The van der Waals surface area contributed by atoms with E-state index < -0.39 is 0 Å². The fraction of sp³-hybridized carbons (Fsp3) is 0.308. The number of aromatic nitrogens is 3. The summed E-state index contributed by atoms with van der Waals surface area (Å²) in [6.45, 7) is 0.789. The SMILES string of the molecule is O=C(c1cccnc1)N1CCC[C@@H]1c1ccn[nH]1. The van der Waals surface area contributed by atoms with Crippen LogP contribution in [-0.2, 0) is 0 Å². The Hall–Kier alpha value is -2.17. The van der Waals surface area contributed by atoms with E-state index in [2.05, 4.69) is 15.2 Å². The fourth-order valence-corrected chi connectivity index (χ4v) is 2.44. The van der Waals surface area contributed by atoms with Gasteiger partial charge in [0.15, 0.2) is 0 Å². The van der Waals surface area contributed by atoms with Gasteiger partial charge >= 0.3 is 0 Å². The van der Waals surface area contributed by atoms with Crippen LogP contribution in [-0.4, -0.2) is 32.5 Å². The van der Waals surface area contributed by atoms with Gasteiger partial charge < -0.3 is 4.90 Å². The summed E-state index contributed by atoms with van der Waals surface area (Å²) in [5, 5.41) is 6.91. The summed E-state index contributed by atoms with van der Waals surface area (Å²) in [5.74, 6) is 0.0419. The molecule has 1 atom stereocenters. The highest BCUT2D eigenvalue weighted by atomic mass is 16.2. The van der Waals surface area contributed by atoms with Crippen molar-refractivity contribution in [2.45, 2.75) is 18.9 Å². The minimum Gasteiger partial charge on any atom is -0.330 e. The van der Waals surface area contributed by atoms with Crippen LogP contribution in [0.2, 0.25) is 0 Å². The monoisotopic (exact) mass is 242 g/mol. The van der Waals surface area contributed by atoms with E-state index in [4.69, 9.17) is 0 Å². The van der Waals surface area contributed by atoms with Gasteiger partial charge in [-0.05, 0) is 31.0 Å². The van der Waals surface area contributed by atoms with E-state index in [0.717, 1.165) is 25.1 Å². The lowest BCUT2D eigenvalue weighted by Gasteiger charge is -2.23. The molecular weight excluding hydrogens is 228 g/mol. The van der Waals surface area contributed by atoms with Crippen molar-refractivity contribution < 1.29 is 4.79 Å². The molecule has 0 spiro atoms. The molecule has 1 N–H and O–H groups in total. The van der Waals surface area contributed by atoms with Gasteiger partial charge in [0.2, 0.25) is 0 Å². The summed E-state index contributed by atoms with van der Waals surface area (Å²) in [7, 11) is 0. The molecule has 1 saturated heterocycles. The zero-order chi connectivity index (χ0) is 12.4. The summed E-state index contributed by atoms with van der Waals surface area (Å²) >= 11 is 0. The van der Waals surface area contributed by atoms with Crippen molar-refractivity contribution in [2.24, 2.45) is 0 Å². The number of aromatic amines is 1. The summed E-state index contributed by atoms with van der Waals surface area (Å²) < 4.78 is 0. The number of pyridine rings is 1. The molecule has 3 heterocycles. The second-order valence-corrected chi connectivity index (χ2v) is 4.41. The van der Waals surface area contributed by atoms with Crippen molar-refractivity contribution >= 4 is 5.91 Å². The van der Waals surface area contributed by atoms with Crippen molar-refractivity contribution in [3.63, 3.8) is 0 Å². The Morgan fingerprint density at radius 3 is 3.06 bits per heavy atom. The molecular formula is C13H14N4O. The van der Waals surface area contributed by atoms with Gasteiger partial charge in [0.25, 0.3) is 5.91 Å². The number of hydrogen-bond donors (Lipinski definition) is 1. The molecule has 2 aromatic heterocycles. The predicted octanol–water partition coefficient (Wildman–Crippen LogP) is 1.78. The average Bonchev–Trinajstić information content (AvgIpc) is 3.09. The van der Waals surface area contributed by atoms with Gasteiger partial charge in [0.1, 0.15) is 0 Å². The van der Waals surface area contributed by atoms with Gasteiger partial charge in [-0.25, -0.2) is 0 Å². The normalized spacial score (nSPS) is 19.1. The molecule has 0 bridgehead atoms. The lowest BCUT2D eigenvalue weighted by atomic mass is 10.1. The number of nitrogens with zero attached hydrogens (tertiary/aromatic N) is 3. The number of carbonyl (C=O) groups is 1. The third kappa shape index (κ3) is 1.88. The zero-order valence-corrected chi connectivity index (χ0v) is 9.91. The van der Waals surface area contributed by atoms with Gasteiger partial charge in [0, 0.05) is 25.1 Å². The molecule has 0 saturated carbocycles. The highest BCUT2D eigenvalue weighted by Gasteiger charge is 2.31. The lowest BCUT2D eigenvalue weighted by Crippen LogP contribution is -2.30. The van der Waals surface area contributed by atoms with Gasteiger partial charge in [-0.1, -0.05) is 0 Å². The van der Waals surface area contributed by atoms with Gasteiger partial charge in [-0.3, -0.25) is 14.9 Å². The number of likely N-dealkylation sites (tertiary alicyclic amines) is 1. The number of nitrogens with one attached hydrogen (secondary N) is 1. The highest BCUT2D eigenvalue weighted by Crippen LogP contribution is 2.31. The van der Waals surface area contributed by atoms with Crippen LogP contribution in [0.5, 0.6) is 0 Å². The van der Waals surface area contributed by atoms with Crippen LogP contribution in [0.4, 0.5) is 0 Å². The van der Waals surface area contributed by atoms with Crippen LogP contribution in [0.25, 0.3) is 0 Å². The second-order valence-electron chi connectivity index (χ2n) is 4.41. The van der Waals surface area contributed by atoms with E-state index in [9.17, 15) is 4.79 Å². The van der Waals surface area contributed by atoms with Crippen molar-refractivity contribution in [3.8, 4) is 0 Å². The van der Waals surface area contributed by atoms with Crippen LogP contribution in [0.15, 0.2) is 36.8 Å². The number of amides is 1. The minimum atomic E-state index is 0.0419. The standard InChI is InChI=1S/C13H14N4O/c18-13(10-3-1-6-14-9-10)17-8-2-4-12(17)11-5-7-15-16-11/h1,3,5-7,9,12H,2,4,8H2,(H,15,16)/t12-/m1/s1. The van der Waals surface area contributed by atoms with Gasteiger partial charge in [0.05, 0.1) is 17.3 Å². The number of carbonyl (C=O) groups excluding carboxylic acids is 1. The molecule has 1 fully saturated rings. The lowest BCUT2D eigenvalue weighted by molar-refractivity contribution is 0.0732. The fourth-order valence-electron chi connectivity index (χ4n) is 2.44. The zero-order valence-electron chi connectivity index (χ0n) is 9.91. The minimum absolute atomic E-state index is 0.0419. The first-order valence-corrected chi connectivity index (χ1v) is 6.06. The highest BCUT2D eigenvalue weighted by molar-refractivity contribution is 5.94. The van der Waals surface area contributed by atoms with Crippen LogP contribution < -0.4 is 0 Å². The molecule has 5 heteroatoms. The van der Waals surface area contributed by atoms with Crippen molar-refractivity contribution in [1.82, 2.24) is 20.1 Å². The van der Waals surface area contributed by atoms with Crippen molar-refractivity contribution in [3.05, 3.63) is 48.0 Å². The molecule has 18 heavy (non-hydrogen) atoms. The smallest absolute Gasteiger partial charge is 0.255 e. The van der Waals surface area contributed by atoms with Crippen molar-refractivity contribution in [2.75, 3.05) is 6.54 Å². The molecule has 1 aliphatic heterocycles. The Morgan fingerprint density at radius 2 is 2.33 bits per heavy atom. The molecule has 1 aliphatic rings. The first kappa shape index (κ1) is 11.0. The van der Waals surface area contributed by atoms with Crippen LogP contribution in [0.1, 0.15) is 34.9 Å². The first-order chi connectivity index (χ1) is 8.86. The third-order valence-electron chi connectivity index (χ3n) is 3.30. The Labute approximate surface area is 105 Å². The molecule has 0 radical (unpaired) electrons. The topological polar surface area (TPSA) is 61.9 Å². The summed E-state index contributed by atoms with van der Waals surface area (Å²) in [6.07, 6.45) is 7.02. The van der Waals surface area contributed by atoms with Crippen LogP contribution >= 0.6 is 0 Å². The molecule has 3 rings (SSSR count). The van der Waals surface area contributed by atoms with Gasteiger partial charge in [-0.2, -0.15) is 5.10 Å². The Bertz CT molecular complexity index is 523. The Morgan fingerprint density at radius 1 is 1.39 bits per heavy atom. The maximum Gasteiger partial charge on any atom is 0.255 e. The molecule has 0 aliphatic carbocycles. The van der Waals surface area contributed by atoms with Crippen molar-refractivity contribution in [1.29, 1.82) is 0 Å². The quantitative estimate of drug-likeness (QED) is 0.873. The number of hydrogen-bond acceptors (Lipinski definition) is 3. The maximum absolute atomic E-state index is 12.4. The van der Waals surface area contributed by atoms with Gasteiger partial charge in [-0.15, -0.1) is 0 Å². The molecule has 1 amide bonds. The van der Waals surface area contributed by atoms with E-state index in [-0.39, 0.29) is 11.9 Å². The molecule has 0 aromatic carbocycles. The van der Waals surface area contributed by atoms with E-state index >= 15 is 0 Å². The van der Waals surface area contributed by atoms with E-state index in [1.165, 1.54) is 0 Å². The summed E-state index contributed by atoms with van der Waals surface area (Å²) in [5.41, 5.74) is 1.65. The average molecular weight is 242 g/mol. The third-order valence-corrected chi connectivity index (χ3v) is 3.30. The van der Waals surface area contributed by atoms with E-state index in [1.54, 1.807) is 30.7 Å². The van der Waals surface area contributed by atoms with Crippen LogP contribution in [0.3, 0.4) is 0 Å². The molecule has 92 valence electrons. The molecule has 2 aromatic rings. The number of H-pyrrole nitrogens is 1. The summed E-state index contributed by atoms with van der Waals surface area (Å²) in [4.78, 5) is 18.3. The first-order valence-electron chi connectivity index (χ1n) is 6.06. The molecule has 5 nitrogen and oxygen atoms in total. The summed E-state index contributed by atoms with van der Waals surface area (Å²) in [6, 6.07) is 5.63. The van der Waals surface area contributed by atoms with E-state index in [0.29, 0.717) is 5.56 Å². The van der Waals surface area contributed by atoms with E-state index in [1.807, 2.05) is 11.0 Å². The second kappa shape index (κ2) is 4.60.